The van der Waals surface area contributed by atoms with Gasteiger partial charge in [-0.25, -0.2) is 4.85 Å². The van der Waals surface area contributed by atoms with E-state index in [1.54, 1.807) is 37.3 Å². The van der Waals surface area contributed by atoms with Gasteiger partial charge in [0.25, 0.3) is 0 Å². The predicted molar refractivity (Wildman–Crippen MR) is 186 cm³/mol. The molecule has 8 heteroatoms. The molecule has 2 heterocycles. The van der Waals surface area contributed by atoms with Gasteiger partial charge in [-0.1, -0.05) is 48.5 Å². The van der Waals surface area contributed by atoms with Gasteiger partial charge in [0.05, 0.1) is 57.2 Å². The van der Waals surface area contributed by atoms with Crippen LogP contribution in [0.2, 0.25) is 0 Å². The van der Waals surface area contributed by atoms with Crippen LogP contribution < -0.4 is 0 Å². The number of fused-ring (bicyclic) bond motifs is 6. The van der Waals surface area contributed by atoms with Crippen LogP contribution in [0, 0.1) is 36.2 Å². The maximum atomic E-state index is 14.1. The molecule has 8 rings (SSSR count). The van der Waals surface area contributed by atoms with Crippen molar-refractivity contribution >= 4 is 49.3 Å². The standard InChI is InChI=1S/C41H22F3N5/c1-24-15-26(18-28(16-24)41(42,43)44)27-19-39(48-35-9-5-3-7-30(35)32-17-25(22-45)11-13-37(32)48)34(23-46)40(20-27)49-36-10-6-4-8-31(36)33-21-29(47-2)12-14-38(33)49/h3-21H,1H3. The van der Waals surface area contributed by atoms with E-state index in [-0.39, 0.29) is 0 Å². The summed E-state index contributed by atoms with van der Waals surface area (Å²) in [6.07, 6.45) is -4.56. The van der Waals surface area contributed by atoms with E-state index in [0.717, 1.165) is 55.7 Å². The minimum Gasteiger partial charge on any atom is -0.308 e. The van der Waals surface area contributed by atoms with Crippen LogP contribution in [0.4, 0.5) is 18.9 Å². The predicted octanol–water partition coefficient (Wildman–Crippen LogP) is 11.2. The summed E-state index contributed by atoms with van der Waals surface area (Å²) >= 11 is 0. The van der Waals surface area contributed by atoms with Crippen molar-refractivity contribution in [3.8, 4) is 34.6 Å². The summed E-state index contributed by atoms with van der Waals surface area (Å²) in [5.41, 5.74) is 5.76. The summed E-state index contributed by atoms with van der Waals surface area (Å²) in [6, 6.07) is 38.2. The van der Waals surface area contributed by atoms with E-state index in [1.807, 2.05) is 81.9 Å². The second-order valence-electron chi connectivity index (χ2n) is 11.9. The van der Waals surface area contributed by atoms with E-state index < -0.39 is 11.7 Å². The topological polar surface area (TPSA) is 61.8 Å². The molecule has 0 unspecified atom stereocenters. The molecule has 0 N–H and O–H groups in total. The van der Waals surface area contributed by atoms with Crippen LogP contribution in [0.25, 0.3) is 71.0 Å². The first-order valence-electron chi connectivity index (χ1n) is 15.3. The van der Waals surface area contributed by atoms with Crippen LogP contribution in [-0.2, 0) is 6.18 Å². The lowest BCUT2D eigenvalue weighted by atomic mass is 9.96. The fraction of sp³-hybridized carbons (Fsp3) is 0.0488. The van der Waals surface area contributed by atoms with Crippen molar-refractivity contribution in [2.45, 2.75) is 13.1 Å². The highest BCUT2D eigenvalue weighted by atomic mass is 19.4. The summed E-state index contributed by atoms with van der Waals surface area (Å²) in [7, 11) is 0. The Balaban J connectivity index is 1.56. The Morgan fingerprint density at radius 2 is 1.16 bits per heavy atom. The molecular weight excluding hydrogens is 619 g/mol. The first kappa shape index (κ1) is 29.6. The molecule has 0 aliphatic rings. The third-order valence-electron chi connectivity index (χ3n) is 9.02. The molecule has 0 bridgehead atoms. The van der Waals surface area contributed by atoms with Gasteiger partial charge < -0.3 is 9.13 Å². The fourth-order valence-electron chi connectivity index (χ4n) is 6.95. The van der Waals surface area contributed by atoms with Gasteiger partial charge in [-0.2, -0.15) is 23.7 Å². The van der Waals surface area contributed by atoms with Gasteiger partial charge in [0, 0.05) is 16.2 Å². The van der Waals surface area contributed by atoms with Crippen molar-refractivity contribution in [2.75, 3.05) is 0 Å². The summed E-state index contributed by atoms with van der Waals surface area (Å²) in [6.45, 7) is 9.23. The monoisotopic (exact) mass is 641 g/mol. The van der Waals surface area contributed by atoms with Gasteiger partial charge in [-0.3, -0.25) is 0 Å². The molecule has 6 aromatic carbocycles. The maximum Gasteiger partial charge on any atom is 0.416 e. The van der Waals surface area contributed by atoms with Gasteiger partial charge >= 0.3 is 6.18 Å². The lowest BCUT2D eigenvalue weighted by Crippen LogP contribution is -2.07. The van der Waals surface area contributed by atoms with Crippen LogP contribution in [0.5, 0.6) is 0 Å². The third kappa shape index (κ3) is 4.60. The van der Waals surface area contributed by atoms with E-state index in [1.165, 1.54) is 0 Å². The van der Waals surface area contributed by atoms with Crippen molar-refractivity contribution in [1.82, 2.24) is 9.13 Å². The Morgan fingerprint density at radius 1 is 0.612 bits per heavy atom. The van der Waals surface area contributed by atoms with Gasteiger partial charge in [0.2, 0.25) is 0 Å². The van der Waals surface area contributed by atoms with Crippen LogP contribution in [0.3, 0.4) is 0 Å². The zero-order chi connectivity index (χ0) is 34.0. The smallest absolute Gasteiger partial charge is 0.308 e. The number of alkyl halides is 3. The molecule has 2 aromatic heterocycles. The second-order valence-corrected chi connectivity index (χ2v) is 11.9. The maximum absolute atomic E-state index is 14.1. The molecule has 8 aromatic rings. The molecule has 0 fully saturated rings. The Hall–Kier alpha value is -6.82. The highest BCUT2D eigenvalue weighted by Gasteiger charge is 2.31. The fourth-order valence-corrected chi connectivity index (χ4v) is 6.95. The van der Waals surface area contributed by atoms with Gasteiger partial charge in [-0.15, -0.1) is 0 Å². The van der Waals surface area contributed by atoms with Crippen molar-refractivity contribution < 1.29 is 13.2 Å². The zero-order valence-electron chi connectivity index (χ0n) is 25.8. The summed E-state index contributed by atoms with van der Waals surface area (Å²) in [5.74, 6) is 0. The van der Waals surface area contributed by atoms with Crippen LogP contribution in [0.15, 0.2) is 115 Å². The van der Waals surface area contributed by atoms with Gasteiger partial charge in [-0.05, 0) is 95.7 Å². The first-order chi connectivity index (χ1) is 23.7. The summed E-state index contributed by atoms with van der Waals surface area (Å²) < 4.78 is 46.2. The van der Waals surface area contributed by atoms with E-state index in [4.69, 9.17) is 6.57 Å². The molecule has 0 aliphatic carbocycles. The number of aromatic nitrogens is 2. The SMILES string of the molecule is [C-]#[N+]c1ccc2c(c1)c1ccccc1n2-c1cc(-c2cc(C)cc(C(F)(F)F)c2)cc(-n2c3ccccc3c3cc(C#N)ccc32)c1C#N. The van der Waals surface area contributed by atoms with E-state index in [2.05, 4.69) is 17.0 Å². The number of hydrogen-bond donors (Lipinski definition) is 0. The summed E-state index contributed by atoms with van der Waals surface area (Å²) in [5, 5.41) is 24.0. The molecule has 0 saturated heterocycles. The number of para-hydroxylation sites is 2. The van der Waals surface area contributed by atoms with Crippen molar-refractivity contribution in [3.05, 3.63) is 149 Å². The number of nitriles is 2. The average molecular weight is 642 g/mol. The summed E-state index contributed by atoms with van der Waals surface area (Å²) in [4.78, 5) is 3.62. The average Bonchev–Trinajstić information content (AvgIpc) is 3.62. The molecule has 0 radical (unpaired) electrons. The van der Waals surface area contributed by atoms with Crippen molar-refractivity contribution in [2.24, 2.45) is 0 Å². The Bertz CT molecular complexity index is 2660. The van der Waals surface area contributed by atoms with Crippen LogP contribution >= 0.6 is 0 Å². The van der Waals surface area contributed by atoms with E-state index in [9.17, 15) is 23.7 Å². The molecule has 0 amide bonds. The molecule has 232 valence electrons. The van der Waals surface area contributed by atoms with Crippen molar-refractivity contribution in [3.63, 3.8) is 0 Å². The van der Waals surface area contributed by atoms with Gasteiger partial charge in [0.1, 0.15) is 11.6 Å². The number of benzene rings is 6. The van der Waals surface area contributed by atoms with E-state index in [0.29, 0.717) is 44.9 Å². The lowest BCUT2D eigenvalue weighted by Gasteiger charge is -2.19. The highest BCUT2D eigenvalue weighted by Crippen LogP contribution is 2.42. The molecule has 0 spiro atoms. The highest BCUT2D eigenvalue weighted by molar-refractivity contribution is 6.12. The number of rotatable bonds is 3. The molecule has 0 aliphatic heterocycles. The molecule has 49 heavy (non-hydrogen) atoms. The van der Waals surface area contributed by atoms with Crippen LogP contribution in [-0.4, -0.2) is 9.13 Å². The second kappa shape index (κ2) is 10.9. The normalized spacial score (nSPS) is 11.6. The largest absolute Gasteiger partial charge is 0.416 e. The molecule has 0 saturated carbocycles. The van der Waals surface area contributed by atoms with Crippen molar-refractivity contribution in [1.29, 1.82) is 10.5 Å². The number of hydrogen-bond acceptors (Lipinski definition) is 2. The Labute approximate surface area is 278 Å². The third-order valence-corrected chi connectivity index (χ3v) is 9.02. The quantitative estimate of drug-likeness (QED) is 0.180. The first-order valence-corrected chi connectivity index (χ1v) is 15.3. The number of halogens is 3. The lowest BCUT2D eigenvalue weighted by molar-refractivity contribution is -0.137. The number of aryl methyl sites for hydroxylation is 1. The zero-order valence-corrected chi connectivity index (χ0v) is 25.8. The van der Waals surface area contributed by atoms with E-state index >= 15 is 0 Å². The molecular formula is C41H22F3N5. The minimum atomic E-state index is -4.56. The van der Waals surface area contributed by atoms with Crippen LogP contribution in [0.1, 0.15) is 22.3 Å². The minimum absolute atomic E-state index is 0.302. The Kier molecular flexibility index (Phi) is 6.56. The molecule has 5 nitrogen and oxygen atoms in total. The molecule has 0 atom stereocenters. The number of nitrogens with zero attached hydrogens (tertiary/aromatic N) is 5. The van der Waals surface area contributed by atoms with Gasteiger partial charge in [0.15, 0.2) is 5.69 Å². The Morgan fingerprint density at radius 3 is 1.73 bits per heavy atom.